The number of rotatable bonds is 5. The van der Waals surface area contributed by atoms with Gasteiger partial charge in [0.2, 0.25) is 0 Å². The normalized spacial score (nSPS) is 11.6. The third kappa shape index (κ3) is 4.32. The number of halogens is 2. The standard InChI is InChI=1S/C11H7F2N.4C3H3N2.Ir/c12-8-4-5-9(10(13)7-8)11-3-1-2-6-14-11;4*1-2-4-5-3-1;/h1-7H;4*1-3H;/q;4*-1;+4. The number of nitrogens with zero attached hydrogens (tertiary/aromatic N) is 9. The number of aromatic nitrogens is 9. The molecule has 0 aliphatic carbocycles. The molecule has 0 N–H and O–H groups in total. The first-order chi connectivity index (χ1) is 17.2. The van der Waals surface area contributed by atoms with Crippen molar-refractivity contribution in [1.82, 2.24) is 38.8 Å². The average molecular weight is 652 g/mol. The van der Waals surface area contributed by atoms with Crippen molar-refractivity contribution in [3.63, 3.8) is 0 Å². The van der Waals surface area contributed by atoms with Gasteiger partial charge in [0.05, 0.1) is 5.69 Å². The average Bonchev–Trinajstić information content (AvgIpc) is 3.71. The summed E-state index contributed by atoms with van der Waals surface area (Å²) in [7, 11) is 0. The SMILES string of the molecule is Fc1ccc(-c2ccccn2)c(F)c1.c1cn[n]([Ir]([n]2cccn2)([n]2cccn2)[n]2cccn2)c1. The number of pyridine rings is 1. The minimum absolute atomic E-state index is 0.312. The van der Waals surface area contributed by atoms with Gasteiger partial charge in [0.1, 0.15) is 11.6 Å². The van der Waals surface area contributed by atoms with Gasteiger partial charge in [-0.3, -0.25) is 4.98 Å². The summed E-state index contributed by atoms with van der Waals surface area (Å²) in [5.41, 5.74) is 0.817. The molecule has 0 aliphatic heterocycles. The van der Waals surface area contributed by atoms with Gasteiger partial charge >= 0.3 is 124 Å². The van der Waals surface area contributed by atoms with E-state index in [2.05, 4.69) is 25.4 Å². The molecule has 0 amide bonds. The van der Waals surface area contributed by atoms with Crippen LogP contribution in [0.3, 0.4) is 0 Å². The molecule has 0 atom stereocenters. The Bertz CT molecular complexity index is 1310. The van der Waals surface area contributed by atoms with Crippen LogP contribution in [0.5, 0.6) is 0 Å². The molecule has 0 bridgehead atoms. The van der Waals surface area contributed by atoms with Gasteiger partial charge in [0, 0.05) is 17.8 Å². The Morgan fingerprint density at radius 2 is 1.09 bits per heavy atom. The minimum atomic E-state index is -3.53. The number of hydrogen-bond donors (Lipinski definition) is 0. The van der Waals surface area contributed by atoms with Crippen molar-refractivity contribution in [2.45, 2.75) is 0 Å². The molecule has 5 heterocycles. The molecule has 0 radical (unpaired) electrons. The third-order valence-corrected chi connectivity index (χ3v) is 13.0. The molecule has 9 nitrogen and oxygen atoms in total. The second-order valence-electron chi connectivity index (χ2n) is 6.74. The van der Waals surface area contributed by atoms with Gasteiger partial charge in [-0.25, -0.2) is 8.78 Å². The van der Waals surface area contributed by atoms with Crippen molar-refractivity contribution in [2.24, 2.45) is 0 Å². The maximum atomic E-state index is 13.3. The van der Waals surface area contributed by atoms with Crippen LogP contribution in [0.1, 0.15) is 0 Å². The van der Waals surface area contributed by atoms with E-state index in [0.717, 1.165) is 6.07 Å². The van der Waals surface area contributed by atoms with Crippen LogP contribution >= 0.6 is 0 Å². The summed E-state index contributed by atoms with van der Waals surface area (Å²) in [5.74, 6) is -1.18. The van der Waals surface area contributed by atoms with Crippen molar-refractivity contribution in [3.05, 3.63) is 128 Å². The third-order valence-electron chi connectivity index (χ3n) is 4.53. The summed E-state index contributed by atoms with van der Waals surface area (Å²) < 4.78 is 33.6. The molecule has 5 aromatic heterocycles. The topological polar surface area (TPSA) is 84.2 Å². The first-order valence-corrected chi connectivity index (χ1v) is 14.5. The molecule has 0 fully saturated rings. The quantitative estimate of drug-likeness (QED) is 0.283. The van der Waals surface area contributed by atoms with Crippen LogP contribution in [0.2, 0.25) is 0 Å². The Morgan fingerprint density at radius 1 is 0.571 bits per heavy atom. The molecule has 0 saturated heterocycles. The van der Waals surface area contributed by atoms with E-state index >= 15 is 0 Å². The van der Waals surface area contributed by atoms with Crippen LogP contribution in [-0.2, 0) is 16.3 Å². The summed E-state index contributed by atoms with van der Waals surface area (Å²) in [6.45, 7) is 0. The monoisotopic (exact) mass is 652 g/mol. The Morgan fingerprint density at radius 3 is 1.46 bits per heavy atom. The number of benzene rings is 1. The van der Waals surface area contributed by atoms with Gasteiger partial charge in [-0.15, -0.1) is 0 Å². The van der Waals surface area contributed by atoms with Gasteiger partial charge in [-0.2, -0.15) is 0 Å². The summed E-state index contributed by atoms with van der Waals surface area (Å²) in [6.07, 6.45) is 16.4. The fourth-order valence-corrected chi connectivity index (χ4v) is 11.0. The molecule has 1 aromatic carbocycles. The van der Waals surface area contributed by atoms with E-state index in [-0.39, 0.29) is 0 Å². The van der Waals surface area contributed by atoms with Crippen LogP contribution in [-0.4, -0.2) is 38.8 Å². The van der Waals surface area contributed by atoms with E-state index in [1.54, 1.807) is 49.2 Å². The second-order valence-corrected chi connectivity index (χ2v) is 14.0. The zero-order chi connectivity index (χ0) is 24.1. The zero-order valence-electron chi connectivity index (χ0n) is 18.1. The molecule has 6 rings (SSSR count). The van der Waals surface area contributed by atoms with Crippen LogP contribution in [0.25, 0.3) is 11.3 Å². The Labute approximate surface area is 203 Å². The predicted octanol–water partition coefficient (Wildman–Crippen LogP) is 3.81. The fraction of sp³-hybridized carbons (Fsp3) is 0. The van der Waals surface area contributed by atoms with Gasteiger partial charge in [-0.05, 0) is 24.3 Å². The fourth-order valence-electron chi connectivity index (χ4n) is 3.09. The van der Waals surface area contributed by atoms with Crippen molar-refractivity contribution < 1.29 is 25.0 Å². The molecular weight excluding hydrogens is 633 g/mol. The molecule has 179 valence electrons. The predicted molar refractivity (Wildman–Crippen MR) is 120 cm³/mol. The molecule has 0 unspecified atom stereocenters. The molecule has 35 heavy (non-hydrogen) atoms. The molecular formula is C23H19F2IrN9. The van der Waals surface area contributed by atoms with Crippen molar-refractivity contribution >= 4 is 0 Å². The Balaban J connectivity index is 0.000000158. The number of hydrogen-bond acceptors (Lipinski definition) is 5. The summed E-state index contributed by atoms with van der Waals surface area (Å²) in [5, 5.41) is 17.9. The van der Waals surface area contributed by atoms with Crippen molar-refractivity contribution in [2.75, 3.05) is 0 Å². The van der Waals surface area contributed by atoms with E-state index in [9.17, 15) is 8.78 Å². The molecule has 12 heteroatoms. The summed E-state index contributed by atoms with van der Waals surface area (Å²) in [6, 6.07) is 16.2. The van der Waals surface area contributed by atoms with E-state index < -0.39 is 27.9 Å². The molecule has 0 spiro atoms. The summed E-state index contributed by atoms with van der Waals surface area (Å²) >= 11 is -3.53. The van der Waals surface area contributed by atoms with E-state index in [1.807, 2.05) is 62.5 Å². The summed E-state index contributed by atoms with van der Waals surface area (Å²) in [4.78, 5) is 3.98. The van der Waals surface area contributed by atoms with Gasteiger partial charge < -0.3 is 0 Å². The molecule has 0 saturated carbocycles. The van der Waals surface area contributed by atoms with Crippen LogP contribution in [0.15, 0.2) is 116 Å². The van der Waals surface area contributed by atoms with E-state index in [0.29, 0.717) is 11.3 Å². The van der Waals surface area contributed by atoms with Crippen molar-refractivity contribution in [3.8, 4) is 11.3 Å². The molecule has 6 aromatic rings. The maximum absolute atomic E-state index is 13.3. The van der Waals surface area contributed by atoms with Crippen molar-refractivity contribution in [1.29, 1.82) is 0 Å². The second kappa shape index (κ2) is 9.92. The molecule has 0 aliphatic rings. The van der Waals surface area contributed by atoms with Gasteiger partial charge in [0.25, 0.3) is 0 Å². The zero-order valence-corrected chi connectivity index (χ0v) is 20.5. The van der Waals surface area contributed by atoms with E-state index in [1.165, 1.54) is 12.1 Å². The van der Waals surface area contributed by atoms with Crippen LogP contribution in [0.4, 0.5) is 8.78 Å². The van der Waals surface area contributed by atoms with Gasteiger partial charge in [0.15, 0.2) is 0 Å². The first kappa shape index (κ1) is 22.5. The first-order valence-electron chi connectivity index (χ1n) is 10.3. The van der Waals surface area contributed by atoms with Gasteiger partial charge in [-0.1, -0.05) is 6.07 Å². The van der Waals surface area contributed by atoms with E-state index in [4.69, 9.17) is 0 Å². The van der Waals surface area contributed by atoms with Crippen LogP contribution in [0, 0.1) is 11.6 Å². The Kier molecular flexibility index (Phi) is 6.38. The van der Waals surface area contributed by atoms with Crippen LogP contribution < -0.4 is 0 Å². The Hall–Kier alpha value is -4.28.